The van der Waals surface area contributed by atoms with Gasteiger partial charge in [0.2, 0.25) is 5.91 Å². The number of nitrogens with one attached hydrogen (secondary N) is 1. The molecule has 0 fully saturated rings. The number of aromatic nitrogens is 1. The number of furan rings is 1. The van der Waals surface area contributed by atoms with E-state index in [1.54, 1.807) is 49.7 Å². The molecule has 0 spiro atoms. The van der Waals surface area contributed by atoms with Gasteiger partial charge in [-0.15, -0.1) is 0 Å². The van der Waals surface area contributed by atoms with E-state index in [9.17, 15) is 9.59 Å². The molecule has 4 aromatic rings. The number of pyridine rings is 1. The second-order valence-electron chi connectivity index (χ2n) is 6.86. The number of halogens is 2. The largest absolute Gasteiger partial charge is 0.463 e. The van der Waals surface area contributed by atoms with E-state index in [2.05, 4.69) is 10.3 Å². The van der Waals surface area contributed by atoms with Crippen molar-refractivity contribution in [3.63, 3.8) is 0 Å². The molecule has 4 rings (SSSR count). The van der Waals surface area contributed by atoms with Crippen LogP contribution in [-0.4, -0.2) is 35.3 Å². The summed E-state index contributed by atoms with van der Waals surface area (Å²) in [5.41, 5.74) is 1.92. The Kier molecular flexibility index (Phi) is 5.93. The third-order valence-corrected chi connectivity index (χ3v) is 5.30. The van der Waals surface area contributed by atoms with Gasteiger partial charge >= 0.3 is 0 Å². The Morgan fingerprint density at radius 2 is 1.77 bits per heavy atom. The first-order chi connectivity index (χ1) is 14.9. The number of hydrogen-bond donors (Lipinski definition) is 1. The van der Waals surface area contributed by atoms with Crippen LogP contribution in [0, 0.1) is 0 Å². The maximum absolute atomic E-state index is 13.2. The molecule has 0 saturated heterocycles. The highest BCUT2D eigenvalue weighted by atomic mass is 35.5. The quantitative estimate of drug-likeness (QED) is 0.432. The van der Waals surface area contributed by atoms with Gasteiger partial charge in [-0.3, -0.25) is 9.59 Å². The highest BCUT2D eigenvalue weighted by Crippen LogP contribution is 2.30. The van der Waals surface area contributed by atoms with E-state index in [4.69, 9.17) is 27.6 Å². The number of likely N-dealkylation sites (N-methyl/N-ethyl adjacent to an activating group) is 1. The summed E-state index contributed by atoms with van der Waals surface area (Å²) in [6.45, 7) is -0.187. The summed E-state index contributed by atoms with van der Waals surface area (Å²) in [6.07, 6.45) is 1.55. The van der Waals surface area contributed by atoms with Crippen LogP contribution in [0.25, 0.3) is 22.4 Å². The summed E-state index contributed by atoms with van der Waals surface area (Å²) in [6, 6.07) is 17.4. The molecule has 0 radical (unpaired) electrons. The Hall–Kier alpha value is -3.35. The zero-order chi connectivity index (χ0) is 22.0. The number of rotatable bonds is 5. The second-order valence-corrected chi connectivity index (χ2v) is 7.67. The molecule has 0 atom stereocenters. The Morgan fingerprint density at radius 1 is 1.03 bits per heavy atom. The first kappa shape index (κ1) is 20.9. The van der Waals surface area contributed by atoms with Gasteiger partial charge in [0.1, 0.15) is 5.69 Å². The summed E-state index contributed by atoms with van der Waals surface area (Å²) in [7, 11) is 1.55. The van der Waals surface area contributed by atoms with Crippen LogP contribution in [-0.2, 0) is 4.79 Å². The minimum Gasteiger partial charge on any atom is -0.463 e. The third kappa shape index (κ3) is 4.40. The van der Waals surface area contributed by atoms with Crippen LogP contribution >= 0.6 is 23.2 Å². The van der Waals surface area contributed by atoms with Crippen LogP contribution in [0.4, 0.5) is 5.69 Å². The van der Waals surface area contributed by atoms with E-state index >= 15 is 0 Å². The van der Waals surface area contributed by atoms with E-state index in [-0.39, 0.29) is 12.5 Å². The molecular weight excluding hydrogens is 437 g/mol. The monoisotopic (exact) mass is 453 g/mol. The molecule has 0 bridgehead atoms. The number of carbonyl (C=O) groups is 2. The van der Waals surface area contributed by atoms with Crippen molar-refractivity contribution in [2.45, 2.75) is 0 Å². The van der Waals surface area contributed by atoms with E-state index in [0.29, 0.717) is 43.7 Å². The van der Waals surface area contributed by atoms with Crippen molar-refractivity contribution in [3.05, 3.63) is 82.5 Å². The lowest BCUT2D eigenvalue weighted by atomic mass is 10.1. The normalized spacial score (nSPS) is 10.8. The van der Waals surface area contributed by atoms with Crippen molar-refractivity contribution < 1.29 is 14.0 Å². The lowest BCUT2D eigenvalue weighted by Crippen LogP contribution is -2.35. The first-order valence-corrected chi connectivity index (χ1v) is 10.1. The van der Waals surface area contributed by atoms with Crippen LogP contribution in [0.5, 0.6) is 0 Å². The van der Waals surface area contributed by atoms with E-state index in [1.807, 2.05) is 24.3 Å². The average molecular weight is 454 g/mol. The van der Waals surface area contributed by atoms with Crippen molar-refractivity contribution >= 4 is 51.6 Å². The molecule has 2 aromatic heterocycles. The van der Waals surface area contributed by atoms with Crippen molar-refractivity contribution in [2.24, 2.45) is 0 Å². The molecule has 8 heteroatoms. The van der Waals surface area contributed by atoms with Gasteiger partial charge in [-0.2, -0.15) is 0 Å². The molecule has 2 heterocycles. The average Bonchev–Trinajstić information content (AvgIpc) is 3.30. The number of fused-ring (bicyclic) bond motifs is 1. The van der Waals surface area contributed by atoms with Gasteiger partial charge in [-0.25, -0.2) is 4.98 Å². The lowest BCUT2D eigenvalue weighted by molar-refractivity contribution is -0.116. The zero-order valence-corrected chi connectivity index (χ0v) is 17.9. The predicted molar refractivity (Wildman–Crippen MR) is 121 cm³/mol. The van der Waals surface area contributed by atoms with Crippen LogP contribution < -0.4 is 5.32 Å². The first-order valence-electron chi connectivity index (χ1n) is 9.37. The van der Waals surface area contributed by atoms with Crippen molar-refractivity contribution in [1.29, 1.82) is 0 Å². The van der Waals surface area contributed by atoms with Gasteiger partial charge in [-0.1, -0.05) is 47.5 Å². The fourth-order valence-corrected chi connectivity index (χ4v) is 3.68. The molecule has 2 amide bonds. The fourth-order valence-electron chi connectivity index (χ4n) is 3.19. The van der Waals surface area contributed by atoms with Gasteiger partial charge < -0.3 is 14.6 Å². The van der Waals surface area contributed by atoms with E-state index < -0.39 is 5.91 Å². The highest BCUT2D eigenvalue weighted by Gasteiger charge is 2.20. The summed E-state index contributed by atoms with van der Waals surface area (Å²) in [4.78, 5) is 31.7. The smallest absolute Gasteiger partial charge is 0.254 e. The summed E-state index contributed by atoms with van der Waals surface area (Å²) < 4.78 is 5.44. The minimum atomic E-state index is -0.421. The summed E-state index contributed by atoms with van der Waals surface area (Å²) in [5.74, 6) is -0.198. The molecule has 0 aliphatic heterocycles. The molecule has 0 aliphatic rings. The predicted octanol–water partition coefficient (Wildman–Crippen LogP) is 5.51. The third-order valence-electron chi connectivity index (χ3n) is 4.67. The molecule has 31 heavy (non-hydrogen) atoms. The number of nitrogens with zero attached hydrogens (tertiary/aromatic N) is 2. The van der Waals surface area contributed by atoms with Crippen LogP contribution in [0.15, 0.2) is 71.3 Å². The SMILES string of the molecule is CN(CC(=O)Nc1c(Cl)cccc1Cl)C(=O)c1cc(-c2ccco2)nc2ccccc12. The van der Waals surface area contributed by atoms with Gasteiger partial charge in [-0.05, 0) is 36.4 Å². The van der Waals surface area contributed by atoms with E-state index in [1.165, 1.54) is 4.90 Å². The molecule has 1 N–H and O–H groups in total. The summed E-state index contributed by atoms with van der Waals surface area (Å²) >= 11 is 12.2. The Labute approximate surface area is 188 Å². The van der Waals surface area contributed by atoms with Crippen LogP contribution in [0.1, 0.15) is 10.4 Å². The van der Waals surface area contributed by atoms with Gasteiger partial charge in [0.25, 0.3) is 5.91 Å². The highest BCUT2D eigenvalue weighted by molar-refractivity contribution is 6.39. The minimum absolute atomic E-state index is 0.187. The van der Waals surface area contributed by atoms with Crippen molar-refractivity contribution in [3.8, 4) is 11.5 Å². The molecule has 6 nitrogen and oxygen atoms in total. The van der Waals surface area contributed by atoms with Crippen molar-refractivity contribution in [1.82, 2.24) is 9.88 Å². The number of hydrogen-bond acceptors (Lipinski definition) is 4. The molecule has 0 saturated carbocycles. The Bertz CT molecular complexity index is 1250. The topological polar surface area (TPSA) is 75.4 Å². The maximum Gasteiger partial charge on any atom is 0.254 e. The number of benzene rings is 2. The standard InChI is InChI=1S/C23H17Cl2N3O3/c1-28(13-21(29)27-22-16(24)7-4-8-17(22)25)23(30)15-12-19(20-10-5-11-31-20)26-18-9-3-2-6-14(15)18/h2-12H,13H2,1H3,(H,27,29). The molecule has 0 aliphatic carbocycles. The van der Waals surface area contributed by atoms with Gasteiger partial charge in [0, 0.05) is 12.4 Å². The van der Waals surface area contributed by atoms with Gasteiger partial charge in [0.15, 0.2) is 5.76 Å². The Balaban J connectivity index is 1.60. The zero-order valence-electron chi connectivity index (χ0n) is 16.4. The van der Waals surface area contributed by atoms with E-state index in [0.717, 1.165) is 0 Å². The number of anilines is 1. The molecule has 2 aromatic carbocycles. The molecule has 156 valence electrons. The van der Waals surface area contributed by atoms with Gasteiger partial charge in [0.05, 0.1) is 39.6 Å². The second kappa shape index (κ2) is 8.79. The van der Waals surface area contributed by atoms with Crippen LogP contribution in [0.3, 0.4) is 0 Å². The summed E-state index contributed by atoms with van der Waals surface area (Å²) in [5, 5.41) is 3.98. The molecule has 0 unspecified atom stereocenters. The number of para-hydroxylation sites is 2. The maximum atomic E-state index is 13.2. The molecular formula is C23H17Cl2N3O3. The number of amides is 2. The fraction of sp³-hybridized carbons (Fsp3) is 0.0870. The van der Waals surface area contributed by atoms with Crippen LogP contribution in [0.2, 0.25) is 10.0 Å². The van der Waals surface area contributed by atoms with Crippen molar-refractivity contribution in [2.75, 3.05) is 18.9 Å². The Morgan fingerprint density at radius 3 is 2.48 bits per heavy atom. The lowest BCUT2D eigenvalue weighted by Gasteiger charge is -2.19. The number of carbonyl (C=O) groups excluding carboxylic acids is 2.